The molecule has 6 heteroatoms. The fraction of sp³-hybridized carbons (Fsp3) is 0.833. The SMILES string of the molecule is CC[C@H](NC(=O)NC1CN2CCC1CC2)C(=O)O. The van der Waals surface area contributed by atoms with Gasteiger partial charge in [0.2, 0.25) is 0 Å². The largest absolute Gasteiger partial charge is 0.480 e. The van der Waals surface area contributed by atoms with Gasteiger partial charge in [-0.05, 0) is 38.3 Å². The quantitative estimate of drug-likeness (QED) is 0.672. The number of amides is 2. The van der Waals surface area contributed by atoms with E-state index in [1.807, 2.05) is 0 Å². The molecule has 0 spiro atoms. The Morgan fingerprint density at radius 2 is 2.06 bits per heavy atom. The molecule has 3 fully saturated rings. The number of hydrogen-bond acceptors (Lipinski definition) is 3. The lowest BCUT2D eigenvalue weighted by molar-refractivity contribution is -0.139. The van der Waals surface area contributed by atoms with Gasteiger partial charge in [0.25, 0.3) is 0 Å². The lowest BCUT2D eigenvalue weighted by Crippen LogP contribution is -2.59. The van der Waals surface area contributed by atoms with Crippen molar-refractivity contribution in [2.24, 2.45) is 5.92 Å². The molecule has 0 aliphatic carbocycles. The standard InChI is InChI=1S/C12H21N3O3/c1-2-9(11(16)17)13-12(18)14-10-7-15-5-3-8(10)4-6-15/h8-10H,2-7H2,1H3,(H,16,17)(H2,13,14,18)/t9-,10?/m0/s1. The van der Waals surface area contributed by atoms with Crippen molar-refractivity contribution in [3.05, 3.63) is 0 Å². The van der Waals surface area contributed by atoms with Crippen LogP contribution in [0.1, 0.15) is 26.2 Å². The molecule has 3 rings (SSSR count). The molecule has 6 nitrogen and oxygen atoms in total. The molecule has 102 valence electrons. The zero-order chi connectivity index (χ0) is 13.1. The summed E-state index contributed by atoms with van der Waals surface area (Å²) in [5, 5.41) is 14.3. The fourth-order valence-corrected chi connectivity index (χ4v) is 2.84. The number of rotatable bonds is 4. The maximum Gasteiger partial charge on any atom is 0.326 e. The monoisotopic (exact) mass is 255 g/mol. The number of fused-ring (bicyclic) bond motifs is 3. The second-order valence-corrected chi connectivity index (χ2v) is 5.16. The van der Waals surface area contributed by atoms with E-state index in [1.54, 1.807) is 6.92 Å². The third kappa shape index (κ3) is 2.93. The highest BCUT2D eigenvalue weighted by molar-refractivity contribution is 5.82. The zero-order valence-corrected chi connectivity index (χ0v) is 10.7. The predicted molar refractivity (Wildman–Crippen MR) is 66.3 cm³/mol. The van der Waals surface area contributed by atoms with Crippen molar-refractivity contribution >= 4 is 12.0 Å². The third-order valence-corrected chi connectivity index (χ3v) is 3.98. The number of nitrogens with one attached hydrogen (secondary N) is 2. The number of carboxylic acids is 1. The highest BCUT2D eigenvalue weighted by Gasteiger charge is 2.35. The van der Waals surface area contributed by atoms with Gasteiger partial charge < -0.3 is 20.6 Å². The number of urea groups is 1. The van der Waals surface area contributed by atoms with E-state index in [-0.39, 0.29) is 12.1 Å². The van der Waals surface area contributed by atoms with Gasteiger partial charge in [0.05, 0.1) is 0 Å². The van der Waals surface area contributed by atoms with Crippen molar-refractivity contribution in [1.82, 2.24) is 15.5 Å². The Hall–Kier alpha value is -1.30. The summed E-state index contributed by atoms with van der Waals surface area (Å²) in [6.07, 6.45) is 2.64. The summed E-state index contributed by atoms with van der Waals surface area (Å²) in [5.74, 6) is -0.438. The Morgan fingerprint density at radius 1 is 1.39 bits per heavy atom. The Morgan fingerprint density at radius 3 is 2.50 bits per heavy atom. The number of piperidine rings is 3. The second-order valence-electron chi connectivity index (χ2n) is 5.16. The van der Waals surface area contributed by atoms with Crippen LogP contribution in [-0.2, 0) is 4.79 Å². The summed E-state index contributed by atoms with van der Waals surface area (Å²) >= 11 is 0. The summed E-state index contributed by atoms with van der Waals surface area (Å²) in [4.78, 5) is 24.9. The van der Waals surface area contributed by atoms with Gasteiger partial charge in [0, 0.05) is 12.6 Å². The first kappa shape index (κ1) is 13.1. The first-order valence-electron chi connectivity index (χ1n) is 6.62. The molecule has 0 saturated carbocycles. The van der Waals surface area contributed by atoms with E-state index in [0.717, 1.165) is 32.5 Å². The smallest absolute Gasteiger partial charge is 0.326 e. The maximum atomic E-state index is 11.8. The Bertz CT molecular complexity index is 327. The molecule has 2 bridgehead atoms. The molecule has 3 N–H and O–H groups in total. The molecule has 0 aromatic rings. The van der Waals surface area contributed by atoms with Gasteiger partial charge in [-0.15, -0.1) is 0 Å². The molecule has 0 aromatic carbocycles. The molecule has 3 aliphatic heterocycles. The Labute approximate surface area is 107 Å². The van der Waals surface area contributed by atoms with Crippen molar-refractivity contribution in [2.75, 3.05) is 19.6 Å². The van der Waals surface area contributed by atoms with Crippen molar-refractivity contribution in [2.45, 2.75) is 38.3 Å². The zero-order valence-electron chi connectivity index (χ0n) is 10.7. The fourth-order valence-electron chi connectivity index (χ4n) is 2.84. The minimum atomic E-state index is -0.985. The molecule has 0 aromatic heterocycles. The molecule has 1 unspecified atom stereocenters. The molecular formula is C12H21N3O3. The molecule has 18 heavy (non-hydrogen) atoms. The van der Waals surface area contributed by atoms with E-state index >= 15 is 0 Å². The van der Waals surface area contributed by atoms with Gasteiger partial charge in [-0.25, -0.2) is 9.59 Å². The van der Waals surface area contributed by atoms with Crippen LogP contribution in [0.2, 0.25) is 0 Å². The number of hydrogen-bond donors (Lipinski definition) is 3. The second kappa shape index (κ2) is 5.56. The van der Waals surface area contributed by atoms with Gasteiger partial charge >= 0.3 is 12.0 Å². The van der Waals surface area contributed by atoms with Crippen LogP contribution in [0.25, 0.3) is 0 Å². The first-order valence-corrected chi connectivity index (χ1v) is 6.62. The highest BCUT2D eigenvalue weighted by Crippen LogP contribution is 2.27. The van der Waals surface area contributed by atoms with Crippen LogP contribution in [0.3, 0.4) is 0 Å². The van der Waals surface area contributed by atoms with Crippen molar-refractivity contribution in [3.8, 4) is 0 Å². The van der Waals surface area contributed by atoms with E-state index in [0.29, 0.717) is 12.3 Å². The molecule has 3 saturated heterocycles. The molecule has 3 aliphatic rings. The number of carboxylic acid groups (broad SMARTS) is 1. The van der Waals surface area contributed by atoms with Crippen LogP contribution in [0.5, 0.6) is 0 Å². The predicted octanol–water partition coefficient (Wildman–Crippen LogP) is 0.243. The number of aliphatic carboxylic acids is 1. The number of carbonyl (C=O) groups excluding carboxylic acids is 1. The van der Waals surface area contributed by atoms with Gasteiger partial charge in [-0.3, -0.25) is 0 Å². The summed E-state index contributed by atoms with van der Waals surface area (Å²) < 4.78 is 0. The van der Waals surface area contributed by atoms with Crippen LogP contribution in [-0.4, -0.2) is 53.7 Å². The van der Waals surface area contributed by atoms with E-state index in [9.17, 15) is 9.59 Å². The van der Waals surface area contributed by atoms with Gasteiger partial charge in [0.1, 0.15) is 6.04 Å². The minimum absolute atomic E-state index is 0.166. The van der Waals surface area contributed by atoms with Crippen LogP contribution in [0, 0.1) is 5.92 Å². The van der Waals surface area contributed by atoms with Gasteiger partial charge in [-0.1, -0.05) is 6.92 Å². The Balaban J connectivity index is 1.82. The van der Waals surface area contributed by atoms with E-state index < -0.39 is 12.0 Å². The van der Waals surface area contributed by atoms with Crippen molar-refractivity contribution in [1.29, 1.82) is 0 Å². The minimum Gasteiger partial charge on any atom is -0.480 e. The Kier molecular flexibility index (Phi) is 4.06. The average molecular weight is 255 g/mol. The molecule has 0 radical (unpaired) electrons. The first-order chi connectivity index (χ1) is 8.60. The number of nitrogens with zero attached hydrogens (tertiary/aromatic N) is 1. The van der Waals surface area contributed by atoms with E-state index in [4.69, 9.17) is 5.11 Å². The molecule has 2 atom stereocenters. The lowest BCUT2D eigenvalue weighted by atomic mass is 9.84. The molecule has 2 amide bonds. The highest BCUT2D eigenvalue weighted by atomic mass is 16.4. The third-order valence-electron chi connectivity index (χ3n) is 3.98. The summed E-state index contributed by atoms with van der Waals surface area (Å²) in [6.45, 7) is 4.88. The van der Waals surface area contributed by atoms with Gasteiger partial charge in [-0.2, -0.15) is 0 Å². The topological polar surface area (TPSA) is 81.7 Å². The van der Waals surface area contributed by atoms with E-state index in [2.05, 4.69) is 15.5 Å². The van der Waals surface area contributed by atoms with Crippen LogP contribution < -0.4 is 10.6 Å². The summed E-state index contributed by atoms with van der Waals surface area (Å²) in [6, 6.07) is -0.993. The summed E-state index contributed by atoms with van der Waals surface area (Å²) in [5.41, 5.74) is 0. The van der Waals surface area contributed by atoms with Crippen molar-refractivity contribution in [3.63, 3.8) is 0 Å². The van der Waals surface area contributed by atoms with Crippen molar-refractivity contribution < 1.29 is 14.7 Å². The van der Waals surface area contributed by atoms with Crippen LogP contribution >= 0.6 is 0 Å². The summed E-state index contributed by atoms with van der Waals surface area (Å²) in [7, 11) is 0. The van der Waals surface area contributed by atoms with E-state index in [1.165, 1.54) is 0 Å². The van der Waals surface area contributed by atoms with Crippen LogP contribution in [0.4, 0.5) is 4.79 Å². The molecular weight excluding hydrogens is 234 g/mol. The maximum absolute atomic E-state index is 11.8. The lowest BCUT2D eigenvalue weighted by Gasteiger charge is -2.44. The normalized spacial score (nSPS) is 31.7. The average Bonchev–Trinajstić information content (AvgIpc) is 2.37. The van der Waals surface area contributed by atoms with Crippen LogP contribution in [0.15, 0.2) is 0 Å². The molecule has 3 heterocycles. The van der Waals surface area contributed by atoms with Gasteiger partial charge in [0.15, 0.2) is 0 Å². The number of carbonyl (C=O) groups is 2.